The molecule has 1 unspecified atom stereocenters. The van der Waals surface area contributed by atoms with Crippen LogP contribution in [-0.2, 0) is 73.1 Å². The Morgan fingerprint density at radius 3 is 2.28 bits per heavy atom. The number of amides is 4. The van der Waals surface area contributed by atoms with Crippen molar-refractivity contribution >= 4 is 79.0 Å². The second-order valence-corrected chi connectivity index (χ2v) is 32.6. The predicted octanol–water partition coefficient (Wildman–Crippen LogP) is 7.81. The van der Waals surface area contributed by atoms with E-state index in [1.807, 2.05) is 56.3 Å². The second-order valence-electron chi connectivity index (χ2n) is 30.6. The molecule has 111 heavy (non-hydrogen) atoms. The molecule has 29 heteroatoms. The number of fused-ring (bicyclic) bond motifs is 12. The zero-order valence-electron chi connectivity index (χ0n) is 63.1. The summed E-state index contributed by atoms with van der Waals surface area (Å²) in [6, 6.07) is 34.3. The first kappa shape index (κ1) is 76.7. The largest absolute Gasteiger partial charge is 0.497 e. The summed E-state index contributed by atoms with van der Waals surface area (Å²) < 4.78 is 68.7. The quantitative estimate of drug-likeness (QED) is 0.0481. The molecule has 8 aromatic rings. The molecule has 2 aliphatic carbocycles. The van der Waals surface area contributed by atoms with Gasteiger partial charge in [0.15, 0.2) is 17.2 Å². The van der Waals surface area contributed by atoms with E-state index in [9.17, 15) is 47.4 Å². The van der Waals surface area contributed by atoms with Gasteiger partial charge in [-0.3, -0.25) is 38.5 Å². The van der Waals surface area contributed by atoms with Crippen molar-refractivity contribution in [2.45, 2.75) is 130 Å². The van der Waals surface area contributed by atoms with Gasteiger partial charge >= 0.3 is 11.9 Å². The van der Waals surface area contributed by atoms with Crippen LogP contribution in [0, 0.1) is 29.6 Å². The summed E-state index contributed by atoms with van der Waals surface area (Å²) in [6.07, 6.45) is 6.04. The lowest BCUT2D eigenvalue weighted by atomic mass is 9.63. The number of benzene rings is 6. The Bertz CT molecular complexity index is 5090. The number of halogens is 1. The molecular formula is C82H92ClN9O18S. The fraction of sp³-hybridized carbons (Fsp3) is 0.439. The Morgan fingerprint density at radius 1 is 0.829 bits per heavy atom. The maximum Gasteiger partial charge on any atom is 0.338 e. The van der Waals surface area contributed by atoms with Gasteiger partial charge in [0.1, 0.15) is 34.9 Å². The maximum atomic E-state index is 14.6. The number of aromatic amines is 2. The van der Waals surface area contributed by atoms with E-state index < -0.39 is 87.2 Å². The number of nitrogens with two attached hydrogens (primary N) is 1. The molecule has 586 valence electrons. The average Bonchev–Trinajstić information content (AvgIpc) is 1.53. The van der Waals surface area contributed by atoms with Crippen molar-refractivity contribution in [1.29, 1.82) is 0 Å². The van der Waals surface area contributed by atoms with Gasteiger partial charge in [0, 0.05) is 114 Å². The van der Waals surface area contributed by atoms with Gasteiger partial charge in [-0.2, -0.15) is 0 Å². The molecule has 0 bridgehead atoms. The molecular weight excluding hydrogens is 1470 g/mol. The number of piperidine rings is 2. The number of ether oxygens (including phenoxy) is 8. The molecule has 7 aliphatic heterocycles. The summed E-state index contributed by atoms with van der Waals surface area (Å²) in [6.45, 7) is 6.36. The number of primary sulfonamides is 1. The van der Waals surface area contributed by atoms with Crippen LogP contribution in [0.2, 0.25) is 5.02 Å². The van der Waals surface area contributed by atoms with Gasteiger partial charge in [-0.1, -0.05) is 92.2 Å². The normalized spacial score (nSPS) is 28.3. The Morgan fingerprint density at radius 2 is 1.58 bits per heavy atom. The second kappa shape index (κ2) is 29.8. The average molecular weight is 1560 g/mol. The molecule has 0 radical (unpaired) electrons. The molecule has 0 spiro atoms. The molecule has 14 atom stereocenters. The van der Waals surface area contributed by atoms with Crippen LogP contribution in [-0.4, -0.2) is 202 Å². The minimum Gasteiger partial charge on any atom is -0.497 e. The number of likely N-dealkylation sites (N-methyl/N-ethyl adjacent to an activating group) is 1. The lowest BCUT2D eigenvalue weighted by molar-refractivity contribution is -0.321. The Kier molecular flexibility index (Phi) is 20.6. The Hall–Kier alpha value is -9.62. The molecule has 4 amide bonds. The van der Waals surface area contributed by atoms with Crippen LogP contribution in [0.25, 0.3) is 21.8 Å². The first-order valence-corrected chi connectivity index (χ1v) is 39.4. The van der Waals surface area contributed by atoms with Crippen molar-refractivity contribution in [3.8, 4) is 23.0 Å². The summed E-state index contributed by atoms with van der Waals surface area (Å²) in [5, 5.41) is 36.2. The first-order chi connectivity index (χ1) is 53.2. The van der Waals surface area contributed by atoms with Crippen LogP contribution in [0.5, 0.6) is 23.0 Å². The highest BCUT2D eigenvalue weighted by Gasteiger charge is 2.72. The van der Waals surface area contributed by atoms with Crippen LogP contribution < -0.4 is 34.7 Å². The van der Waals surface area contributed by atoms with Gasteiger partial charge < -0.3 is 73.8 Å². The monoisotopic (exact) mass is 1560 g/mol. The Balaban J connectivity index is 0.000000140. The fourth-order valence-corrected chi connectivity index (χ4v) is 20.3. The predicted molar refractivity (Wildman–Crippen MR) is 407 cm³/mol. The lowest BCUT2D eigenvalue weighted by Crippen LogP contribution is -2.71. The summed E-state index contributed by atoms with van der Waals surface area (Å²) in [7, 11) is 7.11. The minimum atomic E-state index is -4.06. The van der Waals surface area contributed by atoms with Gasteiger partial charge in [0.25, 0.3) is 17.7 Å². The number of carbonyl (C=O) groups is 6. The van der Waals surface area contributed by atoms with Crippen LogP contribution in [0.3, 0.4) is 0 Å². The number of H-pyrrole nitrogens is 2. The summed E-state index contributed by atoms with van der Waals surface area (Å²) in [4.78, 5) is 96.2. The fourth-order valence-electron chi connectivity index (χ4n) is 19.2. The number of nitrogens with one attached hydrogen (secondary N) is 4. The molecule has 5 saturated heterocycles. The number of hydrogen-bond donors (Lipinski definition) is 7. The number of aliphatic hydroxyl groups is 2. The molecule has 17 rings (SSSR count). The van der Waals surface area contributed by atoms with Crippen molar-refractivity contribution < 1.29 is 85.3 Å². The summed E-state index contributed by atoms with van der Waals surface area (Å²) in [5.41, 5.74) is 5.55. The third-order valence-electron chi connectivity index (χ3n) is 24.5. The van der Waals surface area contributed by atoms with Crippen molar-refractivity contribution in [2.24, 2.45) is 34.7 Å². The molecule has 9 heterocycles. The molecule has 2 aromatic heterocycles. The van der Waals surface area contributed by atoms with E-state index in [1.165, 1.54) is 78.6 Å². The SMILES string of the molecule is CC(C)[C@@]1(NC(=O)[C@@H]2C[C@@H]3c4cccc5[nH]cc(c45)C[C@H]3N(C)C2)O[C@@]2(O)[C@@H]3CCCN3C(=O)[C@H](Cc3ccccc3)N2C1=O.COC(=O)[C@H]1[C@H]2C[C@@H]3c4[nH]c5cc(OC)ccc5c4CCN3C[C@H]2C[C@@H](OC(=O)c2cc(OC)c(OC)c(OC)c2)[C@@H]1OC.NS(=O)(=O)c1cc(C2(O)NC(=O)c3ccccc32)ccc1Cl. The molecule has 1 saturated carbocycles. The van der Waals surface area contributed by atoms with Gasteiger partial charge in [0.05, 0.1) is 64.0 Å². The van der Waals surface area contributed by atoms with Crippen LogP contribution >= 0.6 is 11.6 Å². The van der Waals surface area contributed by atoms with Crippen LogP contribution in [0.4, 0.5) is 0 Å². The summed E-state index contributed by atoms with van der Waals surface area (Å²) >= 11 is 5.83. The smallest absolute Gasteiger partial charge is 0.338 e. The third kappa shape index (κ3) is 13.2. The highest BCUT2D eigenvalue weighted by Crippen LogP contribution is 2.53. The van der Waals surface area contributed by atoms with Gasteiger partial charge in [-0.25, -0.2) is 18.4 Å². The first-order valence-electron chi connectivity index (χ1n) is 37.4. The zero-order valence-corrected chi connectivity index (χ0v) is 64.7. The topological polar surface area (TPSA) is 345 Å². The van der Waals surface area contributed by atoms with Crippen molar-refractivity contribution in [3.05, 3.63) is 183 Å². The minimum absolute atomic E-state index is 0.0170. The highest BCUT2D eigenvalue weighted by atomic mass is 35.5. The maximum absolute atomic E-state index is 14.6. The number of rotatable bonds is 15. The number of aromatic nitrogens is 2. The number of nitrogens with zero attached hydrogens (tertiary/aromatic N) is 4. The van der Waals surface area contributed by atoms with E-state index >= 15 is 0 Å². The zero-order chi connectivity index (χ0) is 78.5. The number of esters is 2. The van der Waals surface area contributed by atoms with E-state index in [1.54, 1.807) is 55.5 Å². The van der Waals surface area contributed by atoms with E-state index in [2.05, 4.69) is 67.9 Å². The summed E-state index contributed by atoms with van der Waals surface area (Å²) in [5.74, 6) is -3.82. The number of methoxy groups -OCH3 is 6. The molecule has 6 aromatic carbocycles. The highest BCUT2D eigenvalue weighted by molar-refractivity contribution is 7.89. The van der Waals surface area contributed by atoms with Gasteiger partial charge in [-0.15, -0.1) is 0 Å². The van der Waals surface area contributed by atoms with Crippen molar-refractivity contribution in [1.82, 2.24) is 40.2 Å². The molecule has 9 aliphatic rings. The number of sulfonamides is 1. The van der Waals surface area contributed by atoms with Crippen molar-refractivity contribution in [2.75, 3.05) is 75.9 Å². The van der Waals surface area contributed by atoms with Crippen LogP contribution in [0.1, 0.15) is 118 Å². The lowest BCUT2D eigenvalue weighted by Gasteiger charge is -2.52. The van der Waals surface area contributed by atoms with E-state index in [0.29, 0.717) is 67.1 Å². The van der Waals surface area contributed by atoms with E-state index in [0.717, 1.165) is 60.8 Å². The van der Waals surface area contributed by atoms with Gasteiger partial charge in [-0.05, 0) is 135 Å². The standard InChI is InChI=1S/C35H41N5O5.C33H40N2O9.C14H11ClN2O4S/c1-20(2)34(37-31(41)23-16-25-24-11-7-12-26-30(24)22(18-36-26)17-27(25)38(3)19-23)33(43)40-28(15-21-9-5-4-6-10-21)32(42)39-14-8-13-29(39)35(40,44)45-34;1-38-19-7-8-20-21-9-10-35-16-18-13-27(44-32(36)17-11-25(39-2)30(41-4)26(12-17)40-3)31(42-5)28(33(37)43-6)22(18)15-24(35)29(21)34-23(20)14-19;15-11-6-5-8(7-12(11)22(16,20)21)14(19)10-4-2-1-3-9(10)13(18)17-14/h4-7,9-12,18,20,23,25,27-29,36,44H,8,13-17,19H2,1-3H3,(H,37,41);7-8,11-12,14,18,22,24,27-28,31,34H,9-10,13,15-16H2,1-6H3;1-7,19H,(H,17,18)(H2,16,20,21)/t23-,25-,27-,28+,29+,34-,35+;18-,22+,24-,27-,28+,31+;/m11./s1. The number of hydrogen-bond acceptors (Lipinski definition) is 20. The van der Waals surface area contributed by atoms with E-state index in [-0.39, 0.29) is 75.1 Å². The number of likely N-dealkylation sites (tertiary alicyclic amines) is 1. The van der Waals surface area contributed by atoms with Crippen LogP contribution in [0.15, 0.2) is 132 Å². The molecule has 6 fully saturated rings. The van der Waals surface area contributed by atoms with Gasteiger partial charge in [0.2, 0.25) is 33.3 Å². The third-order valence-corrected chi connectivity index (χ3v) is 25.9. The molecule has 8 N–H and O–H groups in total. The van der Waals surface area contributed by atoms with E-state index in [4.69, 9.17) is 54.6 Å². The number of piperazine rings is 1. The molecule has 27 nitrogen and oxygen atoms in total. The Labute approximate surface area is 647 Å². The number of carbonyl (C=O) groups excluding carboxylic acids is 6. The van der Waals surface area contributed by atoms with Crippen molar-refractivity contribution in [3.63, 3.8) is 0 Å².